The van der Waals surface area contributed by atoms with Crippen molar-refractivity contribution < 1.29 is 15.0 Å². The standard InChI is InChI=1S/C12H19N3O3/c1-2-14-12(18)8-3-4-11(10(13)5-8)15-6-9(17)7-16/h3-5,9,15-17H,2,6-7,13H2,1H3,(H,14,18). The molecule has 0 aliphatic rings. The van der Waals surface area contributed by atoms with Crippen LogP contribution in [0.4, 0.5) is 11.4 Å². The van der Waals surface area contributed by atoms with Crippen molar-refractivity contribution in [3.05, 3.63) is 23.8 Å². The van der Waals surface area contributed by atoms with Gasteiger partial charge in [-0.2, -0.15) is 0 Å². The zero-order chi connectivity index (χ0) is 13.5. The molecule has 0 heterocycles. The third-order valence-electron chi connectivity index (χ3n) is 2.39. The van der Waals surface area contributed by atoms with Crippen LogP contribution in [-0.2, 0) is 0 Å². The Morgan fingerprint density at radius 3 is 2.78 bits per heavy atom. The Labute approximate surface area is 106 Å². The molecule has 0 spiro atoms. The van der Waals surface area contributed by atoms with Crippen LogP contribution in [-0.4, -0.2) is 41.9 Å². The molecule has 1 amide bonds. The van der Waals surface area contributed by atoms with Crippen molar-refractivity contribution in [2.75, 3.05) is 30.7 Å². The van der Waals surface area contributed by atoms with Crippen LogP contribution >= 0.6 is 0 Å². The highest BCUT2D eigenvalue weighted by Gasteiger charge is 2.08. The van der Waals surface area contributed by atoms with Crippen LogP contribution in [0.1, 0.15) is 17.3 Å². The maximum atomic E-state index is 11.6. The molecule has 1 atom stereocenters. The molecule has 0 aliphatic carbocycles. The molecule has 0 bridgehead atoms. The van der Waals surface area contributed by atoms with E-state index in [0.717, 1.165) is 0 Å². The minimum absolute atomic E-state index is 0.175. The first-order valence-corrected chi connectivity index (χ1v) is 5.79. The average molecular weight is 253 g/mol. The van der Waals surface area contributed by atoms with Gasteiger partial charge in [-0.3, -0.25) is 4.79 Å². The number of aliphatic hydroxyl groups is 2. The molecule has 6 nitrogen and oxygen atoms in total. The van der Waals surface area contributed by atoms with Gasteiger partial charge in [0.15, 0.2) is 0 Å². The molecular formula is C12H19N3O3. The minimum Gasteiger partial charge on any atom is -0.397 e. The number of benzene rings is 1. The minimum atomic E-state index is -0.840. The van der Waals surface area contributed by atoms with Crippen LogP contribution in [0.15, 0.2) is 18.2 Å². The molecule has 100 valence electrons. The lowest BCUT2D eigenvalue weighted by Crippen LogP contribution is -2.24. The van der Waals surface area contributed by atoms with E-state index in [2.05, 4.69) is 10.6 Å². The number of carbonyl (C=O) groups is 1. The molecular weight excluding hydrogens is 234 g/mol. The summed E-state index contributed by atoms with van der Waals surface area (Å²) in [6.45, 7) is 2.28. The van der Waals surface area contributed by atoms with Crippen LogP contribution in [0.25, 0.3) is 0 Å². The van der Waals surface area contributed by atoms with Crippen molar-refractivity contribution in [3.8, 4) is 0 Å². The Morgan fingerprint density at radius 1 is 1.50 bits per heavy atom. The second-order valence-corrected chi connectivity index (χ2v) is 3.88. The predicted octanol–water partition coefficient (Wildman–Crippen LogP) is -0.216. The van der Waals surface area contributed by atoms with E-state index in [9.17, 15) is 9.90 Å². The SMILES string of the molecule is CCNC(=O)c1ccc(NCC(O)CO)c(N)c1. The van der Waals surface area contributed by atoms with Gasteiger partial charge in [0, 0.05) is 18.7 Å². The van der Waals surface area contributed by atoms with Gasteiger partial charge in [-0.1, -0.05) is 0 Å². The first-order chi connectivity index (χ1) is 8.58. The normalized spacial score (nSPS) is 11.9. The van der Waals surface area contributed by atoms with Gasteiger partial charge in [-0.15, -0.1) is 0 Å². The lowest BCUT2D eigenvalue weighted by molar-refractivity contribution is 0.0956. The number of nitrogen functional groups attached to an aromatic ring is 1. The lowest BCUT2D eigenvalue weighted by Gasteiger charge is -2.13. The Morgan fingerprint density at radius 2 is 2.22 bits per heavy atom. The Kier molecular flexibility index (Phi) is 5.41. The number of hydrogen-bond donors (Lipinski definition) is 5. The lowest BCUT2D eigenvalue weighted by atomic mass is 10.1. The van der Waals surface area contributed by atoms with E-state index in [4.69, 9.17) is 10.8 Å². The van der Waals surface area contributed by atoms with Gasteiger partial charge in [0.25, 0.3) is 5.91 Å². The third-order valence-corrected chi connectivity index (χ3v) is 2.39. The predicted molar refractivity (Wildman–Crippen MR) is 70.4 cm³/mol. The molecule has 0 aromatic heterocycles. The fraction of sp³-hybridized carbons (Fsp3) is 0.417. The van der Waals surface area contributed by atoms with E-state index in [-0.39, 0.29) is 19.1 Å². The fourth-order valence-electron chi connectivity index (χ4n) is 1.42. The van der Waals surface area contributed by atoms with Crippen LogP contribution in [0.3, 0.4) is 0 Å². The highest BCUT2D eigenvalue weighted by molar-refractivity contribution is 5.96. The number of nitrogens with two attached hydrogens (primary N) is 1. The summed E-state index contributed by atoms with van der Waals surface area (Å²) in [5.74, 6) is -0.175. The van der Waals surface area contributed by atoms with Gasteiger partial charge in [0.05, 0.1) is 24.1 Å². The van der Waals surface area contributed by atoms with Gasteiger partial charge < -0.3 is 26.6 Å². The Bertz CT molecular complexity index is 410. The van der Waals surface area contributed by atoms with E-state index in [1.165, 1.54) is 0 Å². The summed E-state index contributed by atoms with van der Waals surface area (Å²) < 4.78 is 0. The number of carbonyl (C=O) groups excluding carboxylic acids is 1. The highest BCUT2D eigenvalue weighted by atomic mass is 16.3. The van der Waals surface area contributed by atoms with Gasteiger partial charge >= 0.3 is 0 Å². The van der Waals surface area contributed by atoms with Crippen molar-refractivity contribution in [1.29, 1.82) is 0 Å². The summed E-state index contributed by atoms with van der Waals surface area (Å²) in [6.07, 6.45) is -0.840. The summed E-state index contributed by atoms with van der Waals surface area (Å²) >= 11 is 0. The molecule has 0 aliphatic heterocycles. The monoisotopic (exact) mass is 253 g/mol. The number of rotatable bonds is 6. The molecule has 0 saturated carbocycles. The largest absolute Gasteiger partial charge is 0.397 e. The van der Waals surface area contributed by atoms with Crippen molar-refractivity contribution in [3.63, 3.8) is 0 Å². The summed E-state index contributed by atoms with van der Waals surface area (Å²) in [4.78, 5) is 11.6. The van der Waals surface area contributed by atoms with Crippen molar-refractivity contribution >= 4 is 17.3 Å². The van der Waals surface area contributed by atoms with E-state index < -0.39 is 6.10 Å². The van der Waals surface area contributed by atoms with E-state index >= 15 is 0 Å². The number of anilines is 2. The summed E-state index contributed by atoms with van der Waals surface area (Å²) in [5.41, 5.74) is 7.33. The zero-order valence-electron chi connectivity index (χ0n) is 10.3. The number of nitrogens with one attached hydrogen (secondary N) is 2. The summed E-state index contributed by atoms with van der Waals surface area (Å²) in [6, 6.07) is 4.89. The molecule has 0 radical (unpaired) electrons. The highest BCUT2D eigenvalue weighted by Crippen LogP contribution is 2.19. The molecule has 0 fully saturated rings. The Hall–Kier alpha value is -1.79. The van der Waals surface area contributed by atoms with Gasteiger partial charge in [0.2, 0.25) is 0 Å². The third kappa shape index (κ3) is 3.90. The van der Waals surface area contributed by atoms with Crippen LogP contribution in [0.5, 0.6) is 0 Å². The first kappa shape index (κ1) is 14.3. The number of hydrogen-bond acceptors (Lipinski definition) is 5. The maximum Gasteiger partial charge on any atom is 0.251 e. The molecule has 1 aromatic carbocycles. The smallest absolute Gasteiger partial charge is 0.251 e. The molecule has 0 saturated heterocycles. The molecule has 1 rings (SSSR count). The fourth-order valence-corrected chi connectivity index (χ4v) is 1.42. The molecule has 1 unspecified atom stereocenters. The number of aliphatic hydroxyl groups excluding tert-OH is 2. The van der Waals surface area contributed by atoms with Gasteiger partial charge in [-0.05, 0) is 25.1 Å². The van der Waals surface area contributed by atoms with Crippen molar-refractivity contribution in [2.24, 2.45) is 0 Å². The molecule has 18 heavy (non-hydrogen) atoms. The zero-order valence-corrected chi connectivity index (χ0v) is 10.3. The van der Waals surface area contributed by atoms with Crippen molar-refractivity contribution in [2.45, 2.75) is 13.0 Å². The van der Waals surface area contributed by atoms with Crippen LogP contribution in [0.2, 0.25) is 0 Å². The summed E-state index contributed by atoms with van der Waals surface area (Å²) in [5, 5.41) is 23.5. The maximum absolute atomic E-state index is 11.6. The van der Waals surface area contributed by atoms with Crippen LogP contribution < -0.4 is 16.4 Å². The topological polar surface area (TPSA) is 108 Å². The summed E-state index contributed by atoms with van der Waals surface area (Å²) in [7, 11) is 0. The first-order valence-electron chi connectivity index (χ1n) is 5.79. The van der Waals surface area contributed by atoms with Crippen molar-refractivity contribution in [1.82, 2.24) is 5.32 Å². The van der Waals surface area contributed by atoms with E-state index in [1.807, 2.05) is 6.92 Å². The van der Waals surface area contributed by atoms with E-state index in [0.29, 0.717) is 23.5 Å². The number of amides is 1. The second kappa shape index (κ2) is 6.83. The van der Waals surface area contributed by atoms with Gasteiger partial charge in [0.1, 0.15) is 0 Å². The molecule has 6 heteroatoms. The van der Waals surface area contributed by atoms with E-state index in [1.54, 1.807) is 18.2 Å². The quantitative estimate of drug-likeness (QED) is 0.451. The second-order valence-electron chi connectivity index (χ2n) is 3.88. The molecule has 6 N–H and O–H groups in total. The molecule has 1 aromatic rings. The van der Waals surface area contributed by atoms with Crippen LogP contribution in [0, 0.1) is 0 Å². The Balaban J connectivity index is 2.70. The average Bonchev–Trinajstić information content (AvgIpc) is 2.37. The van der Waals surface area contributed by atoms with Gasteiger partial charge in [-0.25, -0.2) is 0 Å².